The van der Waals surface area contributed by atoms with Crippen molar-refractivity contribution in [1.29, 1.82) is 0 Å². The largest absolute Gasteiger partial charge is 0.524 e. The predicted molar refractivity (Wildman–Crippen MR) is 121 cm³/mol. The van der Waals surface area contributed by atoms with Crippen LogP contribution in [0.1, 0.15) is 52.7 Å². The van der Waals surface area contributed by atoms with Gasteiger partial charge in [-0.25, -0.2) is 9.13 Å². The number of para-hydroxylation sites is 1. The van der Waals surface area contributed by atoms with E-state index in [2.05, 4.69) is 4.52 Å². The second-order valence-corrected chi connectivity index (χ2v) is 11.0. The zero-order valence-corrected chi connectivity index (χ0v) is 20.6. The first-order valence-electron chi connectivity index (χ1n) is 9.27. The highest BCUT2D eigenvalue weighted by Crippen LogP contribution is 2.43. The van der Waals surface area contributed by atoms with Crippen molar-refractivity contribution in [3.8, 4) is 17.2 Å². The molecule has 0 aliphatic heterocycles. The molecule has 0 fully saturated rings. The Morgan fingerprint density at radius 1 is 0.656 bits per heavy atom. The Morgan fingerprint density at radius 3 is 1.22 bits per heavy atom. The molecule has 0 amide bonds. The van der Waals surface area contributed by atoms with Crippen molar-refractivity contribution in [3.05, 3.63) is 53.6 Å². The highest BCUT2D eigenvalue weighted by atomic mass is 31.2. The quantitative estimate of drug-likeness (QED) is 0.238. The van der Waals surface area contributed by atoms with Crippen LogP contribution in [0.5, 0.6) is 17.2 Å². The number of phosphoric ester groups is 1. The van der Waals surface area contributed by atoms with Gasteiger partial charge in [-0.3, -0.25) is 9.79 Å². The first-order chi connectivity index (χ1) is 14.1. The van der Waals surface area contributed by atoms with Gasteiger partial charge in [-0.2, -0.15) is 0 Å². The molecule has 32 heavy (non-hydrogen) atoms. The molecule has 7 N–H and O–H groups in total. The minimum absolute atomic E-state index is 0.167. The molecule has 0 aliphatic carbocycles. The first kappa shape index (κ1) is 30.1. The van der Waals surface area contributed by atoms with Gasteiger partial charge in [-0.1, -0.05) is 59.7 Å². The third kappa shape index (κ3) is 12.8. The van der Waals surface area contributed by atoms with Crippen LogP contribution in [0.4, 0.5) is 0 Å². The van der Waals surface area contributed by atoms with Gasteiger partial charge in [0, 0.05) is 11.1 Å². The fourth-order valence-electron chi connectivity index (χ4n) is 2.72. The van der Waals surface area contributed by atoms with E-state index in [1.54, 1.807) is 30.3 Å². The summed E-state index contributed by atoms with van der Waals surface area (Å²) in [7, 11) is -9.03. The fraction of sp³-hybridized carbons (Fsp3) is 0.400. The summed E-state index contributed by atoms with van der Waals surface area (Å²) in [5.74, 6) is 0.686. The summed E-state index contributed by atoms with van der Waals surface area (Å²) >= 11 is 0. The summed E-state index contributed by atoms with van der Waals surface area (Å²) in [6.45, 7) is 12.2. The van der Waals surface area contributed by atoms with Gasteiger partial charge in [-0.15, -0.1) is 0 Å². The highest BCUT2D eigenvalue weighted by molar-refractivity contribution is 7.46. The van der Waals surface area contributed by atoms with E-state index >= 15 is 0 Å². The van der Waals surface area contributed by atoms with Crippen molar-refractivity contribution < 1.29 is 48.3 Å². The number of aromatic hydroxyl groups is 2. The molecule has 0 bridgehead atoms. The van der Waals surface area contributed by atoms with E-state index in [1.807, 2.05) is 41.5 Å². The molecule has 0 saturated heterocycles. The minimum atomic E-state index is -4.64. The van der Waals surface area contributed by atoms with Gasteiger partial charge in [0.25, 0.3) is 0 Å². The van der Waals surface area contributed by atoms with Gasteiger partial charge in [0.05, 0.1) is 0 Å². The number of hydrogen-bond donors (Lipinski definition) is 7. The average Bonchev–Trinajstić information content (AvgIpc) is 2.53. The zero-order chi connectivity index (χ0) is 25.5. The van der Waals surface area contributed by atoms with E-state index < -0.39 is 15.6 Å². The van der Waals surface area contributed by atoms with Crippen LogP contribution in [0.25, 0.3) is 0 Å². The maximum atomic E-state index is 10.3. The summed E-state index contributed by atoms with van der Waals surface area (Å²) in [4.78, 5) is 38.3. The Morgan fingerprint density at radius 2 is 0.969 bits per heavy atom. The van der Waals surface area contributed by atoms with Crippen molar-refractivity contribution in [2.75, 3.05) is 0 Å². The second kappa shape index (κ2) is 11.3. The Bertz CT molecular complexity index is 904. The van der Waals surface area contributed by atoms with Crippen LogP contribution in [0.2, 0.25) is 0 Å². The molecule has 2 rings (SSSR count). The lowest BCUT2D eigenvalue weighted by molar-refractivity contribution is 0.274. The zero-order valence-electron chi connectivity index (χ0n) is 18.8. The van der Waals surface area contributed by atoms with E-state index in [4.69, 9.17) is 29.0 Å². The summed E-state index contributed by atoms with van der Waals surface area (Å²) in [5, 5.41) is 20.0. The maximum absolute atomic E-state index is 10.3. The van der Waals surface area contributed by atoms with E-state index in [0.29, 0.717) is 0 Å². The van der Waals surface area contributed by atoms with Crippen molar-refractivity contribution in [2.45, 2.75) is 52.4 Å². The van der Waals surface area contributed by atoms with Crippen LogP contribution >= 0.6 is 15.6 Å². The highest BCUT2D eigenvalue weighted by Gasteiger charge is 2.30. The summed E-state index contributed by atoms with van der Waals surface area (Å²) in [6.07, 6.45) is 0. The second-order valence-electron chi connectivity index (χ2n) is 8.76. The fourth-order valence-corrected chi connectivity index (χ4v) is 3.11. The van der Waals surface area contributed by atoms with Gasteiger partial charge < -0.3 is 29.4 Å². The van der Waals surface area contributed by atoms with E-state index in [9.17, 15) is 14.8 Å². The topological polar surface area (TPSA) is 185 Å². The van der Waals surface area contributed by atoms with Gasteiger partial charge in [0.1, 0.15) is 17.2 Å². The molecule has 10 nitrogen and oxygen atoms in total. The van der Waals surface area contributed by atoms with Gasteiger partial charge in [-0.05, 0) is 35.1 Å². The monoisotopic (exact) mass is 494 g/mol. The number of phenolic OH excluding ortho intramolecular Hbond substituents is 2. The van der Waals surface area contributed by atoms with Crippen molar-refractivity contribution in [1.82, 2.24) is 0 Å². The maximum Gasteiger partial charge on any atom is 0.524 e. The number of hydrogen-bond acceptors (Lipinski definition) is 5. The molecule has 2 aromatic rings. The molecule has 0 unspecified atom stereocenters. The first-order valence-corrected chi connectivity index (χ1v) is 12.4. The molecule has 12 heteroatoms. The minimum Gasteiger partial charge on any atom is -0.508 e. The SMILES string of the molecule is CC(C)(C)c1c(O)ccc(O)c1C(C)(C)C.O=P(O)(O)O.O=P(O)(O)Oc1ccccc1. The van der Waals surface area contributed by atoms with Crippen LogP contribution in [-0.2, 0) is 20.0 Å². The Kier molecular flexibility index (Phi) is 10.6. The third-order valence-electron chi connectivity index (χ3n) is 3.63. The molecule has 0 spiro atoms. The lowest BCUT2D eigenvalue weighted by Gasteiger charge is -2.31. The molecule has 0 heterocycles. The molecule has 0 aliphatic rings. The standard InChI is InChI=1S/C14H22O2.C6H7O4P.H3O4P/c1-13(2,3)11-9(15)7-8-10(16)12(11)14(4,5)6;7-11(8,9)10-6-4-2-1-3-5-6;1-5(2,3)4/h7-8,15-16H,1-6H3;1-5H,(H2,7,8,9);(H3,1,2,3,4). The molecule has 0 atom stereocenters. The molecule has 2 aromatic carbocycles. The van der Waals surface area contributed by atoms with E-state index in [-0.39, 0.29) is 28.1 Å². The molecular weight excluding hydrogens is 462 g/mol. The van der Waals surface area contributed by atoms with Crippen molar-refractivity contribution in [3.63, 3.8) is 0 Å². The van der Waals surface area contributed by atoms with Gasteiger partial charge in [0.2, 0.25) is 0 Å². The third-order valence-corrected chi connectivity index (χ3v) is 4.08. The normalized spacial score (nSPS) is 12.1. The molecule has 0 aromatic heterocycles. The molecule has 0 radical (unpaired) electrons. The number of rotatable bonds is 2. The van der Waals surface area contributed by atoms with Crippen LogP contribution in [-0.4, -0.2) is 34.7 Å². The number of phenols is 2. The molecule has 182 valence electrons. The number of benzene rings is 2. The van der Waals surface area contributed by atoms with Gasteiger partial charge >= 0.3 is 15.6 Å². The number of phosphoric acid groups is 2. The Balaban J connectivity index is 0.000000518. The van der Waals surface area contributed by atoms with Gasteiger partial charge in [0.15, 0.2) is 0 Å². The molecule has 0 saturated carbocycles. The summed E-state index contributed by atoms with van der Waals surface area (Å²) in [5.41, 5.74) is 1.29. The lowest BCUT2D eigenvalue weighted by Crippen LogP contribution is -2.22. The van der Waals surface area contributed by atoms with E-state index in [0.717, 1.165) is 11.1 Å². The van der Waals surface area contributed by atoms with Crippen LogP contribution < -0.4 is 4.52 Å². The van der Waals surface area contributed by atoms with Crippen LogP contribution in [0.15, 0.2) is 42.5 Å². The molecular formula is C20H32O10P2. The predicted octanol–water partition coefficient (Wildman–Crippen LogP) is 3.92. The Hall–Kier alpha value is -1.90. The smallest absolute Gasteiger partial charge is 0.508 e. The van der Waals surface area contributed by atoms with Crippen molar-refractivity contribution >= 4 is 15.6 Å². The van der Waals surface area contributed by atoms with Crippen molar-refractivity contribution in [2.24, 2.45) is 0 Å². The summed E-state index contributed by atoms with van der Waals surface area (Å²) in [6, 6.07) is 11.1. The van der Waals surface area contributed by atoms with Crippen LogP contribution in [0.3, 0.4) is 0 Å². The lowest BCUT2D eigenvalue weighted by atomic mass is 9.74. The van der Waals surface area contributed by atoms with Crippen LogP contribution in [0, 0.1) is 0 Å². The van der Waals surface area contributed by atoms with E-state index in [1.165, 1.54) is 12.1 Å². The average molecular weight is 494 g/mol. The Labute approximate surface area is 187 Å². The summed E-state index contributed by atoms with van der Waals surface area (Å²) < 4.78 is 23.4.